The maximum atomic E-state index is 12.5. The summed E-state index contributed by atoms with van der Waals surface area (Å²) in [7, 11) is 1.55. The van der Waals surface area contributed by atoms with E-state index in [1.165, 1.54) is 11.8 Å². The number of anilines is 1. The van der Waals surface area contributed by atoms with Gasteiger partial charge in [-0.3, -0.25) is 9.69 Å². The molecule has 166 valence electrons. The third-order valence-electron chi connectivity index (χ3n) is 4.84. The van der Waals surface area contributed by atoms with Crippen LogP contribution in [0.25, 0.3) is 0 Å². The van der Waals surface area contributed by atoms with Crippen molar-refractivity contribution >= 4 is 17.7 Å². The summed E-state index contributed by atoms with van der Waals surface area (Å²) in [4.78, 5) is 25.4. The summed E-state index contributed by atoms with van der Waals surface area (Å²) in [5, 5.41) is 0. The van der Waals surface area contributed by atoms with Gasteiger partial charge in [-0.15, -0.1) is 0 Å². The highest BCUT2D eigenvalue weighted by Gasteiger charge is 2.27. The van der Waals surface area contributed by atoms with Gasteiger partial charge in [-0.05, 0) is 23.3 Å². The van der Waals surface area contributed by atoms with E-state index in [0.717, 1.165) is 11.1 Å². The number of esters is 1. The first-order chi connectivity index (χ1) is 15.5. The largest absolute Gasteiger partial charge is 0.493 e. The number of hydrogen-bond donors (Lipinski definition) is 1. The van der Waals surface area contributed by atoms with Crippen LogP contribution in [0.3, 0.4) is 0 Å². The molecule has 0 fully saturated rings. The topological polar surface area (TPSA) is 91.1 Å². The average molecular weight is 434 g/mol. The molecule has 3 aromatic rings. The highest BCUT2D eigenvalue weighted by Crippen LogP contribution is 2.36. The van der Waals surface area contributed by atoms with Crippen molar-refractivity contribution in [2.45, 2.75) is 19.6 Å². The summed E-state index contributed by atoms with van der Waals surface area (Å²) < 4.78 is 16.7. The lowest BCUT2D eigenvalue weighted by molar-refractivity contribution is -0.141. The van der Waals surface area contributed by atoms with E-state index in [4.69, 9.17) is 19.9 Å². The van der Waals surface area contributed by atoms with E-state index in [9.17, 15) is 9.59 Å². The van der Waals surface area contributed by atoms with E-state index in [-0.39, 0.29) is 6.61 Å². The van der Waals surface area contributed by atoms with Crippen LogP contribution >= 0.6 is 0 Å². The molecule has 0 saturated carbocycles. The number of amides is 2. The van der Waals surface area contributed by atoms with Crippen molar-refractivity contribution in [2.24, 2.45) is 5.73 Å². The molecule has 3 rings (SSSR count). The standard InChI is InChI=1S/C25H26N2O5/c1-18(28)31-17-22(20-11-7-4-8-12-20)27(25(26)29)21-13-14-23(30-2)24(15-21)32-16-19-9-5-3-6-10-19/h3-15,22H,16-17H2,1-2H3,(H2,26,29)/t22-/m0/s1. The van der Waals surface area contributed by atoms with Gasteiger partial charge in [0, 0.05) is 13.0 Å². The van der Waals surface area contributed by atoms with Gasteiger partial charge in [0.25, 0.3) is 0 Å². The number of benzene rings is 3. The molecule has 0 spiro atoms. The SMILES string of the molecule is COc1ccc(N(C(N)=O)[C@@H](COC(C)=O)c2ccccc2)cc1OCc1ccccc1. The number of rotatable bonds is 9. The molecule has 7 heteroatoms. The predicted molar refractivity (Wildman–Crippen MR) is 122 cm³/mol. The minimum Gasteiger partial charge on any atom is -0.493 e. The van der Waals surface area contributed by atoms with Crippen molar-refractivity contribution in [1.82, 2.24) is 0 Å². The molecule has 0 aliphatic heterocycles. The second kappa shape index (κ2) is 10.9. The summed E-state index contributed by atoms with van der Waals surface area (Å²) in [5.74, 6) is 0.529. The summed E-state index contributed by atoms with van der Waals surface area (Å²) in [6, 6.07) is 22.8. The molecule has 0 aromatic heterocycles. The Morgan fingerprint density at radius 3 is 2.19 bits per heavy atom. The van der Waals surface area contributed by atoms with E-state index < -0.39 is 18.0 Å². The lowest BCUT2D eigenvalue weighted by atomic mass is 10.1. The fraction of sp³-hybridized carbons (Fsp3) is 0.200. The van der Waals surface area contributed by atoms with Crippen LogP contribution in [-0.4, -0.2) is 25.7 Å². The van der Waals surface area contributed by atoms with E-state index in [2.05, 4.69) is 0 Å². The molecule has 7 nitrogen and oxygen atoms in total. The van der Waals surface area contributed by atoms with Gasteiger partial charge in [-0.2, -0.15) is 0 Å². The van der Waals surface area contributed by atoms with Gasteiger partial charge in [-0.25, -0.2) is 4.79 Å². The molecular weight excluding hydrogens is 408 g/mol. The van der Waals surface area contributed by atoms with Gasteiger partial charge in [0.1, 0.15) is 13.2 Å². The number of carbonyl (C=O) groups excluding carboxylic acids is 2. The second-order valence-electron chi connectivity index (χ2n) is 7.05. The minimum atomic E-state index is -0.690. The van der Waals surface area contributed by atoms with Crippen LogP contribution in [-0.2, 0) is 16.1 Å². The summed E-state index contributed by atoms with van der Waals surface area (Å²) in [5.41, 5.74) is 8.02. The van der Waals surface area contributed by atoms with Crippen LogP contribution in [0, 0.1) is 0 Å². The first kappa shape index (κ1) is 22.7. The first-order valence-electron chi connectivity index (χ1n) is 10.1. The Hall–Kier alpha value is -4.00. The second-order valence-corrected chi connectivity index (χ2v) is 7.05. The molecule has 2 N–H and O–H groups in total. The minimum absolute atomic E-state index is 0.0471. The molecule has 2 amide bonds. The Bertz CT molecular complexity index is 1040. The van der Waals surface area contributed by atoms with Crippen LogP contribution in [0.4, 0.5) is 10.5 Å². The average Bonchev–Trinajstić information content (AvgIpc) is 2.81. The van der Waals surface area contributed by atoms with E-state index in [1.54, 1.807) is 25.3 Å². The molecule has 1 atom stereocenters. The highest BCUT2D eigenvalue weighted by atomic mass is 16.5. The smallest absolute Gasteiger partial charge is 0.319 e. The Kier molecular flexibility index (Phi) is 7.70. The Labute approximate surface area is 187 Å². The number of urea groups is 1. The molecule has 0 aliphatic carbocycles. The fourth-order valence-electron chi connectivity index (χ4n) is 3.32. The van der Waals surface area contributed by atoms with Crippen molar-refractivity contribution in [1.29, 1.82) is 0 Å². The summed E-state index contributed by atoms with van der Waals surface area (Å²) in [6.07, 6.45) is 0. The van der Waals surface area contributed by atoms with Crippen LogP contribution in [0.5, 0.6) is 11.5 Å². The van der Waals surface area contributed by atoms with Crippen molar-refractivity contribution in [2.75, 3.05) is 18.6 Å². The molecule has 0 heterocycles. The number of hydrogen-bond acceptors (Lipinski definition) is 5. The Morgan fingerprint density at radius 2 is 1.59 bits per heavy atom. The van der Waals surface area contributed by atoms with Crippen molar-refractivity contribution in [3.63, 3.8) is 0 Å². The molecule has 0 aliphatic rings. The van der Waals surface area contributed by atoms with Gasteiger partial charge in [0.2, 0.25) is 0 Å². The Morgan fingerprint density at radius 1 is 0.938 bits per heavy atom. The zero-order chi connectivity index (χ0) is 22.9. The van der Waals surface area contributed by atoms with Gasteiger partial charge in [0.15, 0.2) is 11.5 Å². The van der Waals surface area contributed by atoms with Crippen LogP contribution in [0.15, 0.2) is 78.9 Å². The zero-order valence-electron chi connectivity index (χ0n) is 18.1. The predicted octanol–water partition coefficient (Wildman–Crippen LogP) is 4.46. The van der Waals surface area contributed by atoms with E-state index in [1.807, 2.05) is 60.7 Å². The maximum absolute atomic E-state index is 12.5. The van der Waals surface area contributed by atoms with Crippen molar-refractivity contribution < 1.29 is 23.8 Å². The number of nitrogens with two attached hydrogens (primary N) is 1. The normalized spacial score (nSPS) is 11.3. The molecule has 32 heavy (non-hydrogen) atoms. The Balaban J connectivity index is 1.96. The molecule has 0 unspecified atom stereocenters. The molecule has 0 radical (unpaired) electrons. The zero-order valence-corrected chi connectivity index (χ0v) is 18.1. The number of methoxy groups -OCH3 is 1. The molecule has 3 aromatic carbocycles. The van der Waals surface area contributed by atoms with Crippen LogP contribution in [0.2, 0.25) is 0 Å². The number of ether oxygens (including phenoxy) is 3. The third-order valence-corrected chi connectivity index (χ3v) is 4.84. The fourth-order valence-corrected chi connectivity index (χ4v) is 3.32. The van der Waals surface area contributed by atoms with Crippen LogP contribution in [0.1, 0.15) is 24.1 Å². The first-order valence-corrected chi connectivity index (χ1v) is 10.1. The maximum Gasteiger partial charge on any atom is 0.319 e. The number of primary amides is 1. The van der Waals surface area contributed by atoms with Gasteiger partial charge in [-0.1, -0.05) is 60.7 Å². The van der Waals surface area contributed by atoms with Gasteiger partial charge in [0.05, 0.1) is 18.8 Å². The van der Waals surface area contributed by atoms with E-state index in [0.29, 0.717) is 23.8 Å². The lowest BCUT2D eigenvalue weighted by Gasteiger charge is -2.31. The van der Waals surface area contributed by atoms with E-state index >= 15 is 0 Å². The van der Waals surface area contributed by atoms with Gasteiger partial charge >= 0.3 is 12.0 Å². The van der Waals surface area contributed by atoms with Crippen molar-refractivity contribution in [3.8, 4) is 11.5 Å². The molecule has 0 bridgehead atoms. The number of carbonyl (C=O) groups is 2. The molecule has 0 saturated heterocycles. The van der Waals surface area contributed by atoms with Gasteiger partial charge < -0.3 is 19.9 Å². The summed E-state index contributed by atoms with van der Waals surface area (Å²) in [6.45, 7) is 1.60. The summed E-state index contributed by atoms with van der Waals surface area (Å²) >= 11 is 0. The van der Waals surface area contributed by atoms with Crippen molar-refractivity contribution in [3.05, 3.63) is 90.0 Å². The highest BCUT2D eigenvalue weighted by molar-refractivity contribution is 5.92. The quantitative estimate of drug-likeness (QED) is 0.502. The lowest BCUT2D eigenvalue weighted by Crippen LogP contribution is -2.41. The number of nitrogens with zero attached hydrogens (tertiary/aromatic N) is 1. The monoisotopic (exact) mass is 434 g/mol. The third kappa shape index (κ3) is 5.78. The van der Waals surface area contributed by atoms with Crippen LogP contribution < -0.4 is 20.1 Å². The molecular formula is C25H26N2O5.